The molecule has 0 heterocycles. The first-order valence-corrected chi connectivity index (χ1v) is 7.91. The highest BCUT2D eigenvalue weighted by molar-refractivity contribution is 6.18. The van der Waals surface area contributed by atoms with Crippen LogP contribution < -0.4 is 0 Å². The minimum atomic E-state index is -1.03. The molecule has 0 fully saturated rings. The zero-order valence-electron chi connectivity index (χ0n) is 13.9. The second kappa shape index (κ2) is 5.98. The second-order valence-electron chi connectivity index (χ2n) is 6.48. The Labute approximate surface area is 140 Å². The highest BCUT2D eigenvalue weighted by atomic mass is 16.5. The fourth-order valence-corrected chi connectivity index (χ4v) is 4.05. The summed E-state index contributed by atoms with van der Waals surface area (Å²) in [5, 5.41) is 0. The van der Waals surface area contributed by atoms with E-state index in [0.717, 1.165) is 0 Å². The number of Topliss-reactive ketones (excluding diaryl/α,β-unsaturated/α-hetero) is 2. The molecule has 0 N–H and O–H groups in total. The average molecular weight is 328 g/mol. The molecular formula is C19H20O5. The Morgan fingerprint density at radius 2 is 1.79 bits per heavy atom. The minimum Gasteiger partial charge on any atom is -0.469 e. The summed E-state index contributed by atoms with van der Waals surface area (Å²) in [5.41, 5.74) is -0.186. The van der Waals surface area contributed by atoms with Gasteiger partial charge in [0.05, 0.1) is 25.0 Å². The maximum atomic E-state index is 13.2. The van der Waals surface area contributed by atoms with E-state index in [2.05, 4.69) is 0 Å². The van der Waals surface area contributed by atoms with Crippen LogP contribution in [0.1, 0.15) is 34.1 Å². The highest BCUT2D eigenvalue weighted by Gasteiger charge is 2.58. The molecule has 0 saturated carbocycles. The van der Waals surface area contributed by atoms with Gasteiger partial charge in [0.2, 0.25) is 0 Å². The van der Waals surface area contributed by atoms with Gasteiger partial charge in [0.15, 0.2) is 11.6 Å². The number of rotatable bonds is 3. The molecule has 0 saturated heterocycles. The molecule has 0 radical (unpaired) electrons. The lowest BCUT2D eigenvalue weighted by molar-refractivity contribution is -0.142. The molecule has 1 aromatic carbocycles. The zero-order valence-corrected chi connectivity index (χ0v) is 13.9. The third-order valence-corrected chi connectivity index (χ3v) is 5.29. The summed E-state index contributed by atoms with van der Waals surface area (Å²) in [6.45, 7) is 1.76. The molecule has 2 aliphatic rings. The molecule has 0 bridgehead atoms. The van der Waals surface area contributed by atoms with E-state index >= 15 is 0 Å². The molecule has 0 amide bonds. The monoisotopic (exact) mass is 328 g/mol. The van der Waals surface area contributed by atoms with E-state index in [4.69, 9.17) is 9.47 Å². The van der Waals surface area contributed by atoms with Gasteiger partial charge in [-0.3, -0.25) is 14.4 Å². The number of allylic oxidation sites excluding steroid dienone is 1. The first-order valence-electron chi connectivity index (χ1n) is 7.91. The second-order valence-corrected chi connectivity index (χ2v) is 6.48. The van der Waals surface area contributed by atoms with E-state index in [1.807, 2.05) is 0 Å². The van der Waals surface area contributed by atoms with Gasteiger partial charge in [-0.25, -0.2) is 0 Å². The van der Waals surface area contributed by atoms with Gasteiger partial charge in [0.1, 0.15) is 0 Å². The van der Waals surface area contributed by atoms with Crippen molar-refractivity contribution >= 4 is 17.5 Å². The van der Waals surface area contributed by atoms with Crippen LogP contribution in [0.3, 0.4) is 0 Å². The van der Waals surface area contributed by atoms with Crippen molar-refractivity contribution in [1.82, 2.24) is 0 Å². The summed E-state index contributed by atoms with van der Waals surface area (Å²) in [6, 6.07) is 6.84. The number of ether oxygens (including phenoxy) is 2. The van der Waals surface area contributed by atoms with Crippen LogP contribution in [-0.2, 0) is 14.3 Å². The third kappa shape index (κ3) is 2.23. The Morgan fingerprint density at radius 1 is 1.12 bits per heavy atom. The predicted octanol–water partition coefficient (Wildman–Crippen LogP) is 2.45. The fraction of sp³-hybridized carbons (Fsp3) is 0.421. The van der Waals surface area contributed by atoms with Crippen LogP contribution in [-0.4, -0.2) is 37.9 Å². The van der Waals surface area contributed by atoms with Crippen LogP contribution >= 0.6 is 0 Å². The molecule has 5 nitrogen and oxygen atoms in total. The van der Waals surface area contributed by atoms with Crippen LogP contribution in [0.15, 0.2) is 36.4 Å². The van der Waals surface area contributed by atoms with Crippen molar-refractivity contribution in [2.75, 3.05) is 14.2 Å². The van der Waals surface area contributed by atoms with Crippen LogP contribution in [0.5, 0.6) is 0 Å². The molecule has 126 valence electrons. The Bertz CT molecular complexity index is 735. The van der Waals surface area contributed by atoms with Crippen LogP contribution in [0.25, 0.3) is 0 Å². The first kappa shape index (κ1) is 16.6. The number of carbonyl (C=O) groups is 3. The van der Waals surface area contributed by atoms with Gasteiger partial charge in [0.25, 0.3) is 0 Å². The molecule has 1 aromatic rings. The first-order chi connectivity index (χ1) is 11.4. The molecule has 0 aliphatic heterocycles. The molecular weight excluding hydrogens is 308 g/mol. The normalized spacial score (nSPS) is 31.4. The molecule has 24 heavy (non-hydrogen) atoms. The van der Waals surface area contributed by atoms with Gasteiger partial charge in [-0.15, -0.1) is 0 Å². The van der Waals surface area contributed by atoms with E-state index in [-0.39, 0.29) is 18.0 Å². The minimum absolute atomic E-state index is 0.0604. The summed E-state index contributed by atoms with van der Waals surface area (Å²) in [6.07, 6.45) is 3.13. The number of carbonyl (C=O) groups excluding carboxylic acids is 3. The van der Waals surface area contributed by atoms with Crippen molar-refractivity contribution in [2.45, 2.75) is 19.4 Å². The molecule has 0 aromatic heterocycles. The standard InChI is InChI=1S/C19H20O5/c1-19-14(23-2)9-8-11(10-15(20)24-3)16(19)17(21)12-6-4-5-7-13(12)18(19)22/h4-9,11,14,16H,10H2,1-3H3/t11-,14+,16-,19-/m1/s1. The number of methoxy groups -OCH3 is 2. The number of hydrogen-bond acceptors (Lipinski definition) is 5. The number of hydrogen-bond donors (Lipinski definition) is 0. The molecule has 2 aliphatic carbocycles. The summed E-state index contributed by atoms with van der Waals surface area (Å²) in [4.78, 5) is 38.1. The largest absolute Gasteiger partial charge is 0.469 e. The lowest BCUT2D eigenvalue weighted by Gasteiger charge is -2.48. The molecule has 3 rings (SSSR count). The van der Waals surface area contributed by atoms with E-state index < -0.39 is 29.3 Å². The van der Waals surface area contributed by atoms with Crippen molar-refractivity contribution in [3.05, 3.63) is 47.5 Å². The maximum Gasteiger partial charge on any atom is 0.306 e. The fourth-order valence-electron chi connectivity index (χ4n) is 4.05. The number of benzene rings is 1. The lowest BCUT2D eigenvalue weighted by Crippen LogP contribution is -2.56. The molecule has 0 unspecified atom stereocenters. The Kier molecular flexibility index (Phi) is 4.13. The highest BCUT2D eigenvalue weighted by Crippen LogP contribution is 2.50. The number of fused-ring (bicyclic) bond motifs is 2. The Hall–Kier alpha value is -2.27. The number of esters is 1. The summed E-state index contributed by atoms with van der Waals surface area (Å²) in [5.74, 6) is -1.67. The maximum absolute atomic E-state index is 13.2. The van der Waals surface area contributed by atoms with Crippen LogP contribution in [0.4, 0.5) is 0 Å². The quantitative estimate of drug-likeness (QED) is 0.630. The van der Waals surface area contributed by atoms with E-state index in [9.17, 15) is 14.4 Å². The zero-order chi connectivity index (χ0) is 17.5. The van der Waals surface area contributed by atoms with Crippen molar-refractivity contribution in [3.8, 4) is 0 Å². The lowest BCUT2D eigenvalue weighted by atomic mass is 9.55. The van der Waals surface area contributed by atoms with Crippen molar-refractivity contribution in [3.63, 3.8) is 0 Å². The third-order valence-electron chi connectivity index (χ3n) is 5.29. The van der Waals surface area contributed by atoms with E-state index in [1.165, 1.54) is 14.2 Å². The van der Waals surface area contributed by atoms with Gasteiger partial charge >= 0.3 is 5.97 Å². The van der Waals surface area contributed by atoms with E-state index in [1.54, 1.807) is 43.3 Å². The molecule has 0 spiro atoms. The van der Waals surface area contributed by atoms with Gasteiger partial charge in [-0.2, -0.15) is 0 Å². The van der Waals surface area contributed by atoms with Crippen molar-refractivity contribution in [2.24, 2.45) is 17.3 Å². The number of ketones is 2. The average Bonchev–Trinajstić information content (AvgIpc) is 2.59. The van der Waals surface area contributed by atoms with Gasteiger partial charge in [-0.05, 0) is 12.8 Å². The van der Waals surface area contributed by atoms with E-state index in [0.29, 0.717) is 11.1 Å². The molecule has 4 atom stereocenters. The predicted molar refractivity (Wildman–Crippen MR) is 86.8 cm³/mol. The topological polar surface area (TPSA) is 69.7 Å². The Morgan fingerprint density at radius 3 is 2.42 bits per heavy atom. The summed E-state index contributed by atoms with van der Waals surface area (Å²) >= 11 is 0. The SMILES string of the molecule is COC(=O)C[C@H]1C=C[C@H](OC)[C@@]2(C)C(=O)c3ccccc3C(=O)[C@@H]12. The van der Waals surface area contributed by atoms with Crippen LogP contribution in [0.2, 0.25) is 0 Å². The molecule has 5 heteroatoms. The van der Waals surface area contributed by atoms with Gasteiger partial charge in [0, 0.05) is 24.2 Å². The Balaban J connectivity index is 2.15. The summed E-state index contributed by atoms with van der Waals surface area (Å²) < 4.78 is 10.3. The van der Waals surface area contributed by atoms with Crippen molar-refractivity contribution < 1.29 is 23.9 Å². The summed E-state index contributed by atoms with van der Waals surface area (Å²) in [7, 11) is 2.84. The van der Waals surface area contributed by atoms with Gasteiger partial charge < -0.3 is 9.47 Å². The van der Waals surface area contributed by atoms with Crippen molar-refractivity contribution in [1.29, 1.82) is 0 Å². The smallest absolute Gasteiger partial charge is 0.306 e. The van der Waals surface area contributed by atoms with Gasteiger partial charge in [-0.1, -0.05) is 36.4 Å². The van der Waals surface area contributed by atoms with Crippen LogP contribution in [0, 0.1) is 17.3 Å².